The third kappa shape index (κ3) is 2.74. The number of hydrogen-bond donors (Lipinski definition) is 2. The van der Waals surface area contributed by atoms with Crippen molar-refractivity contribution in [3.63, 3.8) is 0 Å². The normalized spacial score (nSPS) is 30.4. The van der Waals surface area contributed by atoms with Crippen molar-refractivity contribution in [3.05, 3.63) is 23.7 Å². The lowest BCUT2D eigenvalue weighted by molar-refractivity contribution is 0.0477. The molecule has 2 unspecified atom stereocenters. The maximum Gasteiger partial charge on any atom is 0.371 e. The van der Waals surface area contributed by atoms with Gasteiger partial charge in [-0.3, -0.25) is 0 Å². The van der Waals surface area contributed by atoms with Gasteiger partial charge >= 0.3 is 5.97 Å². The topological polar surface area (TPSA) is 65.7 Å². The molecule has 3 rings (SSSR count). The number of hydrogen-bond acceptors (Lipinski definition) is 4. The molecule has 2 aliphatic heterocycles. The summed E-state index contributed by atoms with van der Waals surface area (Å²) in [4.78, 5) is 13.3. The average molecular weight is 278 g/mol. The molecule has 0 aromatic carbocycles. The number of aromatic carboxylic acids is 1. The van der Waals surface area contributed by atoms with Gasteiger partial charge in [-0.05, 0) is 44.9 Å². The Morgan fingerprint density at radius 1 is 1.40 bits per heavy atom. The summed E-state index contributed by atoms with van der Waals surface area (Å²) in [6.07, 6.45) is 6.32. The minimum absolute atomic E-state index is 0.0158. The van der Waals surface area contributed by atoms with Crippen molar-refractivity contribution in [2.45, 2.75) is 56.8 Å². The van der Waals surface area contributed by atoms with Gasteiger partial charge in [0.1, 0.15) is 5.76 Å². The zero-order chi connectivity index (χ0) is 14.1. The lowest BCUT2D eigenvalue weighted by Crippen LogP contribution is -2.54. The van der Waals surface area contributed by atoms with Crippen molar-refractivity contribution in [3.8, 4) is 0 Å². The summed E-state index contributed by atoms with van der Waals surface area (Å²) in [6.45, 7) is 0.612. The molecule has 5 heteroatoms. The van der Waals surface area contributed by atoms with Crippen LogP contribution in [0.2, 0.25) is 0 Å². The van der Waals surface area contributed by atoms with E-state index in [-0.39, 0.29) is 5.76 Å². The molecule has 0 spiro atoms. The highest BCUT2D eigenvalue weighted by Crippen LogP contribution is 2.32. The van der Waals surface area contributed by atoms with E-state index >= 15 is 0 Å². The van der Waals surface area contributed by atoms with Crippen LogP contribution >= 0.6 is 0 Å². The van der Waals surface area contributed by atoms with Gasteiger partial charge in [-0.2, -0.15) is 0 Å². The van der Waals surface area contributed by atoms with Gasteiger partial charge in [0.2, 0.25) is 5.76 Å². The second-order valence-electron chi connectivity index (χ2n) is 6.02. The number of nitrogens with zero attached hydrogens (tertiary/aromatic N) is 1. The van der Waals surface area contributed by atoms with Gasteiger partial charge < -0.3 is 19.7 Å². The van der Waals surface area contributed by atoms with Crippen molar-refractivity contribution >= 4 is 5.97 Å². The Hall–Kier alpha value is -1.33. The number of carbonyl (C=O) groups is 1. The summed E-state index contributed by atoms with van der Waals surface area (Å²) < 4.78 is 5.28. The molecule has 1 aromatic rings. The van der Waals surface area contributed by atoms with Gasteiger partial charge in [-0.15, -0.1) is 0 Å². The van der Waals surface area contributed by atoms with Crippen LogP contribution in [0.1, 0.15) is 48.4 Å². The Bertz CT molecular complexity index is 471. The number of fused-ring (bicyclic) bond motifs is 2. The van der Waals surface area contributed by atoms with Crippen LogP contribution in [0.5, 0.6) is 0 Å². The minimum atomic E-state index is -1.01. The van der Waals surface area contributed by atoms with Gasteiger partial charge in [0.15, 0.2) is 0 Å². The van der Waals surface area contributed by atoms with E-state index in [1.807, 2.05) is 0 Å². The van der Waals surface area contributed by atoms with Gasteiger partial charge in [-0.25, -0.2) is 4.79 Å². The first-order chi connectivity index (χ1) is 9.63. The van der Waals surface area contributed by atoms with Crippen LogP contribution in [-0.4, -0.2) is 41.1 Å². The first-order valence-corrected chi connectivity index (χ1v) is 7.41. The van der Waals surface area contributed by atoms with Crippen LogP contribution in [0, 0.1) is 0 Å². The minimum Gasteiger partial charge on any atom is -0.475 e. The quantitative estimate of drug-likeness (QED) is 0.882. The average Bonchev–Trinajstić information content (AvgIpc) is 2.86. The summed E-state index contributed by atoms with van der Waals surface area (Å²) in [7, 11) is 2.25. The van der Waals surface area contributed by atoms with Crippen LogP contribution in [-0.2, 0) is 6.54 Å². The fourth-order valence-electron chi connectivity index (χ4n) is 3.62. The van der Waals surface area contributed by atoms with Crippen molar-refractivity contribution in [2.24, 2.45) is 0 Å². The van der Waals surface area contributed by atoms with E-state index in [0.717, 1.165) is 0 Å². The van der Waals surface area contributed by atoms with Crippen molar-refractivity contribution in [1.29, 1.82) is 0 Å². The Balaban J connectivity index is 1.55. The Labute approximate surface area is 118 Å². The molecule has 2 fully saturated rings. The number of furan rings is 1. The van der Waals surface area contributed by atoms with E-state index in [1.54, 1.807) is 6.07 Å². The van der Waals surface area contributed by atoms with E-state index in [9.17, 15) is 4.79 Å². The molecule has 110 valence electrons. The number of carboxylic acids is 1. The molecule has 2 atom stereocenters. The molecule has 0 amide bonds. The summed E-state index contributed by atoms with van der Waals surface area (Å²) in [5, 5.41) is 12.4. The fourth-order valence-corrected chi connectivity index (χ4v) is 3.62. The predicted octanol–water partition coefficient (Wildman–Crippen LogP) is 2.08. The van der Waals surface area contributed by atoms with Crippen LogP contribution in [0.15, 0.2) is 16.5 Å². The Morgan fingerprint density at radius 2 is 2.10 bits per heavy atom. The summed E-state index contributed by atoms with van der Waals surface area (Å²) >= 11 is 0. The monoisotopic (exact) mass is 278 g/mol. The van der Waals surface area contributed by atoms with E-state index < -0.39 is 5.97 Å². The fraction of sp³-hybridized carbons (Fsp3) is 0.667. The summed E-state index contributed by atoms with van der Waals surface area (Å²) in [5.41, 5.74) is 0. The standard InChI is InChI=1S/C15H22N2O3/c1-17-11-3-2-4-12(17)8-10(7-11)16-9-13-5-6-14(20-13)15(18)19/h5-6,10-12,16H,2-4,7-9H2,1H3,(H,18,19). The lowest BCUT2D eigenvalue weighted by atomic mass is 9.82. The van der Waals surface area contributed by atoms with Crippen LogP contribution in [0.4, 0.5) is 0 Å². The maximum absolute atomic E-state index is 10.8. The number of rotatable bonds is 4. The first-order valence-electron chi connectivity index (χ1n) is 7.41. The molecule has 20 heavy (non-hydrogen) atoms. The Kier molecular flexibility index (Phi) is 3.81. The SMILES string of the molecule is CN1C2CCCC1CC(NCc1ccc(C(=O)O)o1)C2. The molecule has 5 nitrogen and oxygen atoms in total. The molecule has 3 heterocycles. The van der Waals surface area contributed by atoms with E-state index in [2.05, 4.69) is 17.3 Å². The summed E-state index contributed by atoms with van der Waals surface area (Å²) in [5.74, 6) is -0.293. The van der Waals surface area contributed by atoms with Crippen LogP contribution < -0.4 is 5.32 Å². The Morgan fingerprint density at radius 3 is 2.70 bits per heavy atom. The third-order valence-electron chi connectivity index (χ3n) is 4.78. The highest BCUT2D eigenvalue weighted by atomic mass is 16.4. The molecule has 2 N–H and O–H groups in total. The van der Waals surface area contributed by atoms with Gasteiger partial charge in [0.25, 0.3) is 0 Å². The maximum atomic E-state index is 10.8. The summed E-state index contributed by atoms with van der Waals surface area (Å²) in [6, 6.07) is 5.17. The lowest BCUT2D eigenvalue weighted by Gasteiger charge is -2.47. The van der Waals surface area contributed by atoms with Gasteiger partial charge in [0.05, 0.1) is 6.54 Å². The van der Waals surface area contributed by atoms with Gasteiger partial charge in [-0.1, -0.05) is 6.42 Å². The van der Waals surface area contributed by atoms with E-state index in [1.165, 1.54) is 38.2 Å². The zero-order valence-electron chi connectivity index (χ0n) is 11.8. The number of nitrogens with one attached hydrogen (secondary N) is 1. The van der Waals surface area contributed by atoms with Crippen LogP contribution in [0.3, 0.4) is 0 Å². The van der Waals surface area contributed by atoms with Crippen molar-refractivity contribution in [1.82, 2.24) is 10.2 Å². The highest BCUT2D eigenvalue weighted by molar-refractivity contribution is 5.84. The molecule has 1 aromatic heterocycles. The van der Waals surface area contributed by atoms with Crippen LogP contribution in [0.25, 0.3) is 0 Å². The number of piperidine rings is 2. The first kappa shape index (κ1) is 13.6. The zero-order valence-corrected chi connectivity index (χ0v) is 11.8. The second-order valence-corrected chi connectivity index (χ2v) is 6.02. The smallest absolute Gasteiger partial charge is 0.371 e. The van der Waals surface area contributed by atoms with Crippen molar-refractivity contribution < 1.29 is 14.3 Å². The van der Waals surface area contributed by atoms with E-state index in [0.29, 0.717) is 30.4 Å². The number of carboxylic acid groups (broad SMARTS) is 1. The molecular weight excluding hydrogens is 256 g/mol. The molecule has 0 saturated carbocycles. The highest BCUT2D eigenvalue weighted by Gasteiger charge is 2.35. The molecule has 2 bridgehead atoms. The molecule has 2 saturated heterocycles. The largest absolute Gasteiger partial charge is 0.475 e. The van der Waals surface area contributed by atoms with Gasteiger partial charge in [0, 0.05) is 18.1 Å². The van der Waals surface area contributed by atoms with Crippen molar-refractivity contribution in [2.75, 3.05) is 7.05 Å². The third-order valence-corrected chi connectivity index (χ3v) is 4.78. The molecule has 2 aliphatic rings. The second kappa shape index (κ2) is 5.58. The molecular formula is C15H22N2O3. The van der Waals surface area contributed by atoms with E-state index in [4.69, 9.17) is 9.52 Å². The predicted molar refractivity (Wildman–Crippen MR) is 74.7 cm³/mol. The molecule has 0 radical (unpaired) electrons. The molecule has 0 aliphatic carbocycles.